The Labute approximate surface area is 106 Å². The van der Waals surface area contributed by atoms with E-state index in [1.54, 1.807) is 18.9 Å². The van der Waals surface area contributed by atoms with E-state index in [1.165, 1.54) is 0 Å². The lowest BCUT2D eigenvalue weighted by Crippen LogP contribution is -2.48. The summed E-state index contributed by atoms with van der Waals surface area (Å²) in [5.74, 6) is 2.10. The fraction of sp³-hybridized carbons (Fsp3) is 0.538. The molecule has 1 saturated carbocycles. The lowest BCUT2D eigenvalue weighted by atomic mass is 9.99. The van der Waals surface area contributed by atoms with Crippen LogP contribution in [-0.2, 0) is 0 Å². The zero-order valence-electron chi connectivity index (χ0n) is 10.1. The molecule has 1 unspecified atom stereocenters. The van der Waals surface area contributed by atoms with Gasteiger partial charge in [0, 0.05) is 10.6 Å². The third-order valence-electron chi connectivity index (χ3n) is 3.23. The van der Waals surface area contributed by atoms with Gasteiger partial charge in [-0.3, -0.25) is 0 Å². The number of aliphatic hydroxyl groups excluding tert-OH is 1. The fourth-order valence-electron chi connectivity index (χ4n) is 1.86. The predicted molar refractivity (Wildman–Crippen MR) is 70.4 cm³/mol. The van der Waals surface area contributed by atoms with E-state index in [0.29, 0.717) is 5.92 Å². The SMILES string of the molecule is COc1cccc(SCC(N)(CO)C2CC2)c1. The summed E-state index contributed by atoms with van der Waals surface area (Å²) in [6.45, 7) is 0.0641. The van der Waals surface area contributed by atoms with E-state index in [2.05, 4.69) is 0 Å². The molecule has 3 N–H and O–H groups in total. The highest BCUT2D eigenvalue weighted by molar-refractivity contribution is 7.99. The van der Waals surface area contributed by atoms with Crippen molar-refractivity contribution in [3.05, 3.63) is 24.3 Å². The average Bonchev–Trinajstić information content (AvgIpc) is 3.21. The predicted octanol–water partition coefficient (Wildman–Crippen LogP) is 1.89. The summed E-state index contributed by atoms with van der Waals surface area (Å²) in [6, 6.07) is 7.93. The first-order valence-corrected chi connectivity index (χ1v) is 6.83. The molecule has 1 atom stereocenters. The van der Waals surface area contributed by atoms with Gasteiger partial charge >= 0.3 is 0 Å². The molecule has 1 fully saturated rings. The lowest BCUT2D eigenvalue weighted by molar-refractivity contribution is 0.194. The van der Waals surface area contributed by atoms with Gasteiger partial charge in [-0.05, 0) is 37.0 Å². The van der Waals surface area contributed by atoms with Crippen LogP contribution in [0.5, 0.6) is 5.75 Å². The van der Waals surface area contributed by atoms with Crippen molar-refractivity contribution in [2.24, 2.45) is 11.7 Å². The van der Waals surface area contributed by atoms with E-state index < -0.39 is 5.54 Å². The van der Waals surface area contributed by atoms with Gasteiger partial charge in [-0.1, -0.05) is 6.07 Å². The van der Waals surface area contributed by atoms with Crippen LogP contribution in [0.4, 0.5) is 0 Å². The van der Waals surface area contributed by atoms with Crippen molar-refractivity contribution in [2.75, 3.05) is 19.5 Å². The molecule has 0 bridgehead atoms. The second kappa shape index (κ2) is 5.29. The maximum atomic E-state index is 9.41. The van der Waals surface area contributed by atoms with Crippen LogP contribution in [-0.4, -0.2) is 30.1 Å². The summed E-state index contributed by atoms with van der Waals surface area (Å²) in [4.78, 5) is 1.13. The molecule has 17 heavy (non-hydrogen) atoms. The van der Waals surface area contributed by atoms with Gasteiger partial charge in [0.05, 0.1) is 19.3 Å². The number of hydrogen-bond donors (Lipinski definition) is 2. The van der Waals surface area contributed by atoms with Crippen molar-refractivity contribution in [2.45, 2.75) is 23.3 Å². The summed E-state index contributed by atoms with van der Waals surface area (Å²) in [6.07, 6.45) is 2.30. The maximum absolute atomic E-state index is 9.41. The zero-order chi connectivity index (χ0) is 12.3. The number of thioether (sulfide) groups is 1. The maximum Gasteiger partial charge on any atom is 0.119 e. The molecular formula is C13H19NO2S. The number of nitrogens with two attached hydrogens (primary N) is 1. The number of rotatable bonds is 6. The minimum absolute atomic E-state index is 0.0641. The first-order chi connectivity index (χ1) is 8.18. The van der Waals surface area contributed by atoms with E-state index >= 15 is 0 Å². The van der Waals surface area contributed by atoms with Crippen LogP contribution in [0.3, 0.4) is 0 Å². The summed E-state index contributed by atoms with van der Waals surface area (Å²) in [7, 11) is 1.66. The van der Waals surface area contributed by atoms with E-state index in [0.717, 1.165) is 29.2 Å². The molecule has 0 aliphatic heterocycles. The van der Waals surface area contributed by atoms with Gasteiger partial charge < -0.3 is 15.6 Å². The summed E-state index contributed by atoms with van der Waals surface area (Å²) < 4.78 is 5.18. The van der Waals surface area contributed by atoms with Crippen LogP contribution in [0.1, 0.15) is 12.8 Å². The number of methoxy groups -OCH3 is 1. The fourth-order valence-corrected chi connectivity index (χ4v) is 3.00. The van der Waals surface area contributed by atoms with Crippen LogP contribution < -0.4 is 10.5 Å². The standard InChI is InChI=1S/C13H19NO2S/c1-16-11-3-2-4-12(7-11)17-9-13(14,8-15)10-5-6-10/h2-4,7,10,15H,5-6,8-9,14H2,1H3. The van der Waals surface area contributed by atoms with Crippen molar-refractivity contribution in [3.8, 4) is 5.75 Å². The quantitative estimate of drug-likeness (QED) is 0.760. The Morgan fingerprint density at radius 1 is 1.53 bits per heavy atom. The Morgan fingerprint density at radius 2 is 2.29 bits per heavy atom. The highest BCUT2D eigenvalue weighted by Gasteiger charge is 2.41. The monoisotopic (exact) mass is 253 g/mol. The second-order valence-corrected chi connectivity index (χ2v) is 5.68. The van der Waals surface area contributed by atoms with E-state index in [4.69, 9.17) is 10.5 Å². The smallest absolute Gasteiger partial charge is 0.119 e. The van der Waals surface area contributed by atoms with Crippen LogP contribution in [0.15, 0.2) is 29.2 Å². The summed E-state index contributed by atoms with van der Waals surface area (Å²) >= 11 is 1.68. The van der Waals surface area contributed by atoms with Gasteiger partial charge in [0.25, 0.3) is 0 Å². The molecule has 1 aromatic carbocycles. The first-order valence-electron chi connectivity index (χ1n) is 5.84. The number of aliphatic hydroxyl groups is 1. The van der Waals surface area contributed by atoms with E-state index in [9.17, 15) is 5.11 Å². The van der Waals surface area contributed by atoms with Crippen LogP contribution in [0.25, 0.3) is 0 Å². The molecule has 0 spiro atoms. The van der Waals surface area contributed by atoms with E-state index in [-0.39, 0.29) is 6.61 Å². The molecule has 1 aliphatic rings. The third kappa shape index (κ3) is 3.15. The minimum Gasteiger partial charge on any atom is -0.497 e. The Hall–Kier alpha value is -0.710. The van der Waals surface area contributed by atoms with Crippen LogP contribution >= 0.6 is 11.8 Å². The molecule has 0 aromatic heterocycles. The molecule has 2 rings (SSSR count). The molecular weight excluding hydrogens is 234 g/mol. The van der Waals surface area contributed by atoms with Crippen LogP contribution in [0.2, 0.25) is 0 Å². The van der Waals surface area contributed by atoms with Crippen molar-refractivity contribution in [3.63, 3.8) is 0 Å². The average molecular weight is 253 g/mol. The highest BCUT2D eigenvalue weighted by atomic mass is 32.2. The third-order valence-corrected chi connectivity index (χ3v) is 4.50. The summed E-state index contributed by atoms with van der Waals surface area (Å²) in [5, 5.41) is 9.41. The topological polar surface area (TPSA) is 55.5 Å². The van der Waals surface area contributed by atoms with E-state index in [1.807, 2.05) is 24.3 Å². The normalized spacial score (nSPS) is 18.8. The molecule has 0 saturated heterocycles. The molecule has 1 aliphatic carbocycles. The van der Waals surface area contributed by atoms with Gasteiger partial charge in [0.15, 0.2) is 0 Å². The van der Waals surface area contributed by atoms with Gasteiger partial charge in [-0.2, -0.15) is 0 Å². The number of hydrogen-bond acceptors (Lipinski definition) is 4. The molecule has 3 nitrogen and oxygen atoms in total. The molecule has 4 heteroatoms. The van der Waals surface area contributed by atoms with Crippen molar-refractivity contribution >= 4 is 11.8 Å². The van der Waals surface area contributed by atoms with Gasteiger partial charge in [0.2, 0.25) is 0 Å². The lowest BCUT2D eigenvalue weighted by Gasteiger charge is -2.26. The Bertz CT molecular complexity index is 381. The highest BCUT2D eigenvalue weighted by Crippen LogP contribution is 2.40. The van der Waals surface area contributed by atoms with Gasteiger partial charge in [-0.25, -0.2) is 0 Å². The van der Waals surface area contributed by atoms with Crippen molar-refractivity contribution in [1.29, 1.82) is 0 Å². The number of benzene rings is 1. The van der Waals surface area contributed by atoms with Crippen molar-refractivity contribution < 1.29 is 9.84 Å². The molecule has 1 aromatic rings. The zero-order valence-corrected chi connectivity index (χ0v) is 10.9. The molecule has 0 amide bonds. The largest absolute Gasteiger partial charge is 0.497 e. The van der Waals surface area contributed by atoms with Gasteiger partial charge in [0.1, 0.15) is 5.75 Å². The molecule has 0 heterocycles. The molecule has 94 valence electrons. The van der Waals surface area contributed by atoms with Gasteiger partial charge in [-0.15, -0.1) is 11.8 Å². The first kappa shape index (κ1) is 12.7. The van der Waals surface area contributed by atoms with Crippen LogP contribution in [0, 0.1) is 5.92 Å². The second-order valence-electron chi connectivity index (χ2n) is 4.63. The number of ether oxygens (including phenoxy) is 1. The molecule has 0 radical (unpaired) electrons. The minimum atomic E-state index is -0.423. The van der Waals surface area contributed by atoms with Crippen molar-refractivity contribution in [1.82, 2.24) is 0 Å². The Kier molecular flexibility index (Phi) is 3.97. The Balaban J connectivity index is 1.96. The Morgan fingerprint density at radius 3 is 2.88 bits per heavy atom. The summed E-state index contributed by atoms with van der Waals surface area (Å²) in [5.41, 5.74) is 5.80.